The molecule has 0 fully saturated rings. The minimum atomic E-state index is -0.834. The van der Waals surface area contributed by atoms with Crippen LogP contribution in [0, 0.1) is 11.6 Å². The van der Waals surface area contributed by atoms with Crippen LogP contribution in [0.5, 0.6) is 0 Å². The highest BCUT2D eigenvalue weighted by Crippen LogP contribution is 2.13. The molecule has 0 saturated carbocycles. The lowest BCUT2D eigenvalue weighted by Gasteiger charge is -2.07. The smallest absolute Gasteiger partial charge is 0.340 e. The topological polar surface area (TPSA) is 68.3 Å². The van der Waals surface area contributed by atoms with Crippen LogP contribution in [0.1, 0.15) is 10.4 Å². The molecule has 1 aromatic carbocycles. The Hall–Kier alpha value is -2.54. The van der Waals surface area contributed by atoms with Gasteiger partial charge >= 0.3 is 5.97 Å². The van der Waals surface area contributed by atoms with Crippen molar-refractivity contribution in [3.05, 3.63) is 58.9 Å². The standard InChI is InChI=1S/C14H9ClF2N2O3/c15-12-2-1-8(6-18-12)14(21)22-7-13(20)19-11-4-9(16)3-10(17)5-11/h1-6H,7H2,(H,19,20). The van der Waals surface area contributed by atoms with E-state index in [4.69, 9.17) is 16.3 Å². The van der Waals surface area contributed by atoms with Crippen LogP contribution < -0.4 is 5.32 Å². The van der Waals surface area contributed by atoms with Crippen LogP contribution in [0.15, 0.2) is 36.5 Å². The molecule has 8 heteroatoms. The lowest BCUT2D eigenvalue weighted by Crippen LogP contribution is -2.21. The van der Waals surface area contributed by atoms with Crippen LogP contribution in [0.4, 0.5) is 14.5 Å². The molecule has 1 N–H and O–H groups in total. The maximum Gasteiger partial charge on any atom is 0.340 e. The molecule has 22 heavy (non-hydrogen) atoms. The Morgan fingerprint density at radius 1 is 1.18 bits per heavy atom. The second kappa shape index (κ2) is 6.95. The fraction of sp³-hybridized carbons (Fsp3) is 0.0714. The second-order valence-corrected chi connectivity index (χ2v) is 4.54. The normalized spacial score (nSPS) is 10.1. The van der Waals surface area contributed by atoms with Crippen LogP contribution in [0.2, 0.25) is 5.15 Å². The molecule has 2 aromatic rings. The van der Waals surface area contributed by atoms with Gasteiger partial charge in [0.05, 0.1) is 5.56 Å². The van der Waals surface area contributed by atoms with Crippen molar-refractivity contribution in [1.82, 2.24) is 4.98 Å². The molecule has 114 valence electrons. The molecule has 0 spiro atoms. The fourth-order valence-corrected chi connectivity index (χ4v) is 1.65. The van der Waals surface area contributed by atoms with Crippen LogP contribution in [0.3, 0.4) is 0 Å². The first-order chi connectivity index (χ1) is 10.4. The molecule has 0 radical (unpaired) electrons. The summed E-state index contributed by atoms with van der Waals surface area (Å²) in [4.78, 5) is 26.9. The van der Waals surface area contributed by atoms with Gasteiger partial charge in [0.15, 0.2) is 6.61 Å². The highest BCUT2D eigenvalue weighted by atomic mass is 35.5. The van der Waals surface area contributed by atoms with Crippen molar-refractivity contribution in [2.45, 2.75) is 0 Å². The van der Waals surface area contributed by atoms with Gasteiger partial charge < -0.3 is 10.1 Å². The predicted octanol–water partition coefficient (Wildman–Crippen LogP) is 2.81. The minimum absolute atomic E-state index is 0.0771. The third-order valence-corrected chi connectivity index (χ3v) is 2.67. The van der Waals surface area contributed by atoms with Gasteiger partial charge in [-0.2, -0.15) is 0 Å². The van der Waals surface area contributed by atoms with E-state index in [9.17, 15) is 18.4 Å². The molecular formula is C14H9ClF2N2O3. The van der Waals surface area contributed by atoms with Crippen LogP contribution in [-0.4, -0.2) is 23.5 Å². The van der Waals surface area contributed by atoms with Gasteiger partial charge in [-0.15, -0.1) is 0 Å². The Labute approximate surface area is 128 Å². The highest BCUT2D eigenvalue weighted by Gasteiger charge is 2.11. The monoisotopic (exact) mass is 326 g/mol. The van der Waals surface area contributed by atoms with Gasteiger partial charge in [-0.25, -0.2) is 18.6 Å². The first-order valence-electron chi connectivity index (χ1n) is 5.98. The number of pyridine rings is 1. The summed E-state index contributed by atoms with van der Waals surface area (Å²) in [6.45, 7) is -0.612. The van der Waals surface area contributed by atoms with E-state index in [1.165, 1.54) is 18.3 Å². The number of rotatable bonds is 4. The Bertz CT molecular complexity index is 687. The zero-order chi connectivity index (χ0) is 16.1. The van der Waals surface area contributed by atoms with E-state index in [1.807, 2.05) is 0 Å². The Morgan fingerprint density at radius 2 is 1.86 bits per heavy atom. The summed E-state index contributed by atoms with van der Waals surface area (Å²) in [5, 5.41) is 2.42. The van der Waals surface area contributed by atoms with Gasteiger partial charge in [0.25, 0.3) is 5.91 Å². The average molecular weight is 327 g/mol. The average Bonchev–Trinajstić information content (AvgIpc) is 2.44. The first-order valence-corrected chi connectivity index (χ1v) is 6.36. The maximum atomic E-state index is 13.0. The third-order valence-electron chi connectivity index (χ3n) is 2.44. The number of aromatic nitrogens is 1. The van der Waals surface area contributed by atoms with Gasteiger partial charge in [0.2, 0.25) is 0 Å². The molecular weight excluding hydrogens is 318 g/mol. The van der Waals surface area contributed by atoms with Crippen LogP contribution >= 0.6 is 11.6 Å². The number of carbonyl (C=O) groups excluding carboxylic acids is 2. The summed E-state index contributed by atoms with van der Waals surface area (Å²) in [6, 6.07) is 5.33. The summed E-state index contributed by atoms with van der Waals surface area (Å²) < 4.78 is 30.6. The van der Waals surface area contributed by atoms with Gasteiger partial charge in [0, 0.05) is 18.0 Å². The van der Waals surface area contributed by atoms with Crippen molar-refractivity contribution in [3.8, 4) is 0 Å². The molecule has 1 aromatic heterocycles. The third kappa shape index (κ3) is 4.49. The summed E-state index contributed by atoms with van der Waals surface area (Å²) in [7, 11) is 0. The second-order valence-electron chi connectivity index (χ2n) is 4.15. The number of hydrogen-bond donors (Lipinski definition) is 1. The number of ether oxygens (including phenoxy) is 1. The number of carbonyl (C=O) groups is 2. The summed E-state index contributed by atoms with van der Waals surface area (Å²) in [5.74, 6) is -3.18. The maximum absolute atomic E-state index is 13.0. The van der Waals surface area contributed by atoms with Crippen molar-refractivity contribution in [2.75, 3.05) is 11.9 Å². The zero-order valence-corrected chi connectivity index (χ0v) is 11.7. The molecule has 2 rings (SSSR count). The fourth-order valence-electron chi connectivity index (χ4n) is 1.53. The number of esters is 1. The summed E-state index contributed by atoms with van der Waals surface area (Å²) in [5.41, 5.74) is 0.0423. The van der Waals surface area contributed by atoms with E-state index in [0.29, 0.717) is 6.07 Å². The lowest BCUT2D eigenvalue weighted by atomic mass is 10.3. The van der Waals surface area contributed by atoms with Gasteiger partial charge in [-0.05, 0) is 24.3 Å². The number of anilines is 1. The summed E-state index contributed by atoms with van der Waals surface area (Å²) in [6.07, 6.45) is 1.20. The Morgan fingerprint density at radius 3 is 2.45 bits per heavy atom. The zero-order valence-electron chi connectivity index (χ0n) is 11.0. The largest absolute Gasteiger partial charge is 0.452 e. The molecule has 0 aliphatic rings. The highest BCUT2D eigenvalue weighted by molar-refractivity contribution is 6.29. The van der Waals surface area contributed by atoms with Crippen molar-refractivity contribution < 1.29 is 23.1 Å². The van der Waals surface area contributed by atoms with E-state index >= 15 is 0 Å². The molecule has 1 amide bonds. The number of nitrogens with one attached hydrogen (secondary N) is 1. The van der Waals surface area contributed by atoms with E-state index in [1.54, 1.807) is 0 Å². The van der Waals surface area contributed by atoms with E-state index in [2.05, 4.69) is 10.3 Å². The predicted molar refractivity (Wildman–Crippen MR) is 74.5 cm³/mol. The molecule has 0 unspecified atom stereocenters. The van der Waals surface area contributed by atoms with Crippen molar-refractivity contribution in [2.24, 2.45) is 0 Å². The van der Waals surface area contributed by atoms with E-state index < -0.39 is 30.1 Å². The number of hydrogen-bond acceptors (Lipinski definition) is 4. The van der Waals surface area contributed by atoms with Gasteiger partial charge in [-0.1, -0.05) is 11.6 Å². The molecule has 0 saturated heterocycles. The SMILES string of the molecule is O=C(COC(=O)c1ccc(Cl)nc1)Nc1cc(F)cc(F)c1. The minimum Gasteiger partial charge on any atom is -0.452 e. The van der Waals surface area contributed by atoms with Crippen LogP contribution in [0.25, 0.3) is 0 Å². The quantitative estimate of drug-likeness (QED) is 0.693. The molecule has 5 nitrogen and oxygen atoms in total. The Kier molecular flexibility index (Phi) is 5.00. The number of nitrogens with zero attached hydrogens (tertiary/aromatic N) is 1. The number of amides is 1. The van der Waals surface area contributed by atoms with Crippen molar-refractivity contribution >= 4 is 29.2 Å². The molecule has 1 heterocycles. The Balaban J connectivity index is 1.89. The van der Waals surface area contributed by atoms with Crippen molar-refractivity contribution in [3.63, 3.8) is 0 Å². The summed E-state index contributed by atoms with van der Waals surface area (Å²) >= 11 is 5.57. The van der Waals surface area contributed by atoms with E-state index in [-0.39, 0.29) is 16.4 Å². The molecule has 0 aliphatic heterocycles. The van der Waals surface area contributed by atoms with E-state index in [0.717, 1.165) is 12.1 Å². The molecule has 0 bridgehead atoms. The van der Waals surface area contributed by atoms with Gasteiger partial charge in [0.1, 0.15) is 16.8 Å². The van der Waals surface area contributed by atoms with Crippen molar-refractivity contribution in [1.29, 1.82) is 0 Å². The first kappa shape index (κ1) is 15.8. The number of halogens is 3. The number of benzene rings is 1. The lowest BCUT2D eigenvalue weighted by molar-refractivity contribution is -0.119. The van der Waals surface area contributed by atoms with Gasteiger partial charge in [-0.3, -0.25) is 4.79 Å². The van der Waals surface area contributed by atoms with Crippen LogP contribution in [-0.2, 0) is 9.53 Å². The molecule has 0 atom stereocenters. The molecule has 0 aliphatic carbocycles.